The number of pyridine rings is 1. The second-order valence-corrected chi connectivity index (χ2v) is 7.10. The van der Waals surface area contributed by atoms with Gasteiger partial charge in [-0.2, -0.15) is 5.26 Å². The summed E-state index contributed by atoms with van der Waals surface area (Å²) >= 11 is 0. The van der Waals surface area contributed by atoms with Gasteiger partial charge >= 0.3 is 0 Å². The van der Waals surface area contributed by atoms with Gasteiger partial charge in [0.25, 0.3) is 0 Å². The van der Waals surface area contributed by atoms with Gasteiger partial charge in [-0.05, 0) is 48.4 Å². The first kappa shape index (κ1) is 19.8. The van der Waals surface area contributed by atoms with Crippen LogP contribution in [0.25, 0.3) is 11.1 Å². The lowest BCUT2D eigenvalue weighted by molar-refractivity contribution is 0.324. The highest BCUT2D eigenvalue weighted by Gasteiger charge is 2.27. The Morgan fingerprint density at radius 3 is 2.39 bits per heavy atom. The molecule has 0 fully saturated rings. The molecule has 0 radical (unpaired) electrons. The van der Waals surface area contributed by atoms with E-state index in [1.165, 1.54) is 6.42 Å². The molecule has 1 aromatic carbocycles. The van der Waals surface area contributed by atoms with Crippen LogP contribution in [0.1, 0.15) is 43.0 Å². The standard InChI is InChI=1S/C22H27N3O3/c1-5-6-13-7-8-17-15(9-13)20(16(12-23)22(24)25-17)14-10-18(26-2)21(28-4)19(11-14)27-3/h10-11,13H,5-9H2,1-4H3,(H2,24,25). The summed E-state index contributed by atoms with van der Waals surface area (Å²) in [6, 6.07) is 6.01. The number of rotatable bonds is 6. The molecule has 1 heterocycles. The lowest BCUT2D eigenvalue weighted by Gasteiger charge is -2.27. The van der Waals surface area contributed by atoms with Crippen LogP contribution in [-0.2, 0) is 12.8 Å². The van der Waals surface area contributed by atoms with Crippen molar-refractivity contribution >= 4 is 5.82 Å². The van der Waals surface area contributed by atoms with E-state index in [4.69, 9.17) is 19.9 Å². The quantitative estimate of drug-likeness (QED) is 0.809. The molecular formula is C22H27N3O3. The number of hydrogen-bond donors (Lipinski definition) is 1. The molecule has 1 atom stereocenters. The molecule has 0 saturated carbocycles. The lowest BCUT2D eigenvalue weighted by atomic mass is 9.79. The maximum absolute atomic E-state index is 9.83. The predicted molar refractivity (Wildman–Crippen MR) is 109 cm³/mol. The third-order valence-electron chi connectivity index (χ3n) is 5.46. The summed E-state index contributed by atoms with van der Waals surface area (Å²) in [7, 11) is 4.74. The van der Waals surface area contributed by atoms with Gasteiger partial charge in [-0.1, -0.05) is 19.8 Å². The number of aryl methyl sites for hydroxylation is 1. The predicted octanol–water partition coefficient (Wildman–Crippen LogP) is 4.13. The van der Waals surface area contributed by atoms with Crippen LogP contribution in [0.2, 0.25) is 0 Å². The molecule has 6 nitrogen and oxygen atoms in total. The Bertz CT molecular complexity index is 893. The van der Waals surface area contributed by atoms with Crippen LogP contribution < -0.4 is 19.9 Å². The molecule has 148 valence electrons. The average molecular weight is 381 g/mol. The zero-order chi connectivity index (χ0) is 20.3. The van der Waals surface area contributed by atoms with E-state index < -0.39 is 0 Å². The minimum absolute atomic E-state index is 0.277. The first-order valence-corrected chi connectivity index (χ1v) is 9.59. The van der Waals surface area contributed by atoms with Crippen molar-refractivity contribution < 1.29 is 14.2 Å². The van der Waals surface area contributed by atoms with Crippen molar-refractivity contribution in [2.45, 2.75) is 39.0 Å². The van der Waals surface area contributed by atoms with E-state index in [9.17, 15) is 5.26 Å². The highest BCUT2D eigenvalue weighted by atomic mass is 16.5. The van der Waals surface area contributed by atoms with Gasteiger partial charge in [-0.3, -0.25) is 0 Å². The molecule has 0 bridgehead atoms. The van der Waals surface area contributed by atoms with Crippen LogP contribution in [0.3, 0.4) is 0 Å². The SMILES string of the molecule is CCCC1CCc2nc(N)c(C#N)c(-c3cc(OC)c(OC)c(OC)c3)c2C1. The molecular weight excluding hydrogens is 354 g/mol. The second kappa shape index (κ2) is 8.39. The lowest BCUT2D eigenvalue weighted by Crippen LogP contribution is -2.18. The number of aromatic nitrogens is 1. The van der Waals surface area contributed by atoms with Crippen molar-refractivity contribution in [3.8, 4) is 34.4 Å². The molecule has 0 saturated heterocycles. The van der Waals surface area contributed by atoms with Crippen molar-refractivity contribution in [2.24, 2.45) is 5.92 Å². The topological polar surface area (TPSA) is 90.4 Å². The van der Waals surface area contributed by atoms with E-state index >= 15 is 0 Å². The number of nitrogen functional groups attached to an aromatic ring is 1. The van der Waals surface area contributed by atoms with Crippen molar-refractivity contribution in [1.29, 1.82) is 5.26 Å². The number of nitrogens with two attached hydrogens (primary N) is 1. The Morgan fingerprint density at radius 1 is 1.18 bits per heavy atom. The van der Waals surface area contributed by atoms with Gasteiger partial charge in [-0.15, -0.1) is 0 Å². The van der Waals surface area contributed by atoms with Gasteiger partial charge in [0.2, 0.25) is 5.75 Å². The fourth-order valence-corrected chi connectivity index (χ4v) is 4.16. The molecule has 2 N–H and O–H groups in total. The average Bonchev–Trinajstić information content (AvgIpc) is 2.72. The molecule has 28 heavy (non-hydrogen) atoms. The van der Waals surface area contributed by atoms with Gasteiger partial charge in [-0.25, -0.2) is 4.98 Å². The maximum Gasteiger partial charge on any atom is 0.203 e. The zero-order valence-corrected chi connectivity index (χ0v) is 17.0. The molecule has 0 amide bonds. The summed E-state index contributed by atoms with van der Waals surface area (Å²) in [5, 5.41) is 9.83. The highest BCUT2D eigenvalue weighted by molar-refractivity contribution is 5.82. The van der Waals surface area contributed by atoms with E-state index in [0.29, 0.717) is 28.7 Å². The Hall–Kier alpha value is -2.94. The molecule has 0 spiro atoms. The Kier molecular flexibility index (Phi) is 5.93. The van der Waals surface area contributed by atoms with Crippen molar-refractivity contribution in [2.75, 3.05) is 27.1 Å². The highest BCUT2D eigenvalue weighted by Crippen LogP contribution is 2.45. The summed E-state index contributed by atoms with van der Waals surface area (Å²) in [6.07, 6.45) is 5.20. The van der Waals surface area contributed by atoms with Crippen LogP contribution in [0.15, 0.2) is 12.1 Å². The summed E-state index contributed by atoms with van der Waals surface area (Å²) < 4.78 is 16.5. The third kappa shape index (κ3) is 3.45. The van der Waals surface area contributed by atoms with Gasteiger partial charge < -0.3 is 19.9 Å². The number of hydrogen-bond acceptors (Lipinski definition) is 6. The number of nitrogens with zero attached hydrogens (tertiary/aromatic N) is 2. The smallest absolute Gasteiger partial charge is 0.203 e. The van der Waals surface area contributed by atoms with Crippen LogP contribution >= 0.6 is 0 Å². The molecule has 3 rings (SSSR count). The van der Waals surface area contributed by atoms with Crippen molar-refractivity contribution in [3.05, 3.63) is 29.0 Å². The first-order chi connectivity index (χ1) is 13.6. The Morgan fingerprint density at radius 2 is 1.86 bits per heavy atom. The fourth-order valence-electron chi connectivity index (χ4n) is 4.16. The molecule has 1 aromatic heterocycles. The van der Waals surface area contributed by atoms with Crippen LogP contribution in [0, 0.1) is 17.2 Å². The van der Waals surface area contributed by atoms with Gasteiger partial charge in [0.1, 0.15) is 17.5 Å². The Labute approximate surface area is 166 Å². The minimum Gasteiger partial charge on any atom is -0.493 e. The largest absolute Gasteiger partial charge is 0.493 e. The number of anilines is 1. The van der Waals surface area contributed by atoms with Crippen LogP contribution in [-0.4, -0.2) is 26.3 Å². The number of nitriles is 1. The Balaban J connectivity index is 2.27. The van der Waals surface area contributed by atoms with E-state index in [2.05, 4.69) is 18.0 Å². The van der Waals surface area contributed by atoms with Crippen LogP contribution in [0.4, 0.5) is 5.82 Å². The molecule has 0 aliphatic heterocycles. The second-order valence-electron chi connectivity index (χ2n) is 7.10. The number of benzene rings is 1. The summed E-state index contributed by atoms with van der Waals surface area (Å²) in [6.45, 7) is 2.21. The van der Waals surface area contributed by atoms with E-state index in [1.807, 2.05) is 12.1 Å². The number of ether oxygens (including phenoxy) is 3. The van der Waals surface area contributed by atoms with E-state index in [-0.39, 0.29) is 5.82 Å². The van der Waals surface area contributed by atoms with Gasteiger partial charge in [0, 0.05) is 11.3 Å². The van der Waals surface area contributed by atoms with Crippen molar-refractivity contribution in [3.63, 3.8) is 0 Å². The van der Waals surface area contributed by atoms with Gasteiger partial charge in [0.05, 0.1) is 21.3 Å². The zero-order valence-electron chi connectivity index (χ0n) is 17.0. The number of methoxy groups -OCH3 is 3. The number of fused-ring (bicyclic) bond motifs is 1. The molecule has 1 aliphatic carbocycles. The maximum atomic E-state index is 9.83. The van der Waals surface area contributed by atoms with E-state index in [0.717, 1.165) is 48.1 Å². The van der Waals surface area contributed by atoms with Crippen LogP contribution in [0.5, 0.6) is 17.2 Å². The van der Waals surface area contributed by atoms with Gasteiger partial charge in [0.15, 0.2) is 11.5 Å². The molecule has 2 aromatic rings. The first-order valence-electron chi connectivity index (χ1n) is 9.59. The van der Waals surface area contributed by atoms with Crippen molar-refractivity contribution in [1.82, 2.24) is 4.98 Å². The summed E-state index contributed by atoms with van der Waals surface area (Å²) in [4.78, 5) is 4.55. The summed E-state index contributed by atoms with van der Waals surface area (Å²) in [5.41, 5.74) is 10.3. The van der Waals surface area contributed by atoms with E-state index in [1.54, 1.807) is 21.3 Å². The molecule has 1 aliphatic rings. The third-order valence-corrected chi connectivity index (χ3v) is 5.46. The molecule has 6 heteroatoms. The normalized spacial score (nSPS) is 15.5. The minimum atomic E-state index is 0.277. The molecule has 1 unspecified atom stereocenters. The fraction of sp³-hybridized carbons (Fsp3) is 0.455. The summed E-state index contributed by atoms with van der Waals surface area (Å²) in [5.74, 6) is 2.48. The monoisotopic (exact) mass is 381 g/mol.